The zero-order valence-electron chi connectivity index (χ0n) is 18.7. The molecule has 33 heavy (non-hydrogen) atoms. The van der Waals surface area contributed by atoms with Gasteiger partial charge < -0.3 is 4.74 Å². The number of benzene rings is 4. The van der Waals surface area contributed by atoms with Crippen molar-refractivity contribution in [3.63, 3.8) is 0 Å². The molecule has 4 aromatic rings. The van der Waals surface area contributed by atoms with Gasteiger partial charge in [-0.05, 0) is 52.0 Å². The lowest BCUT2D eigenvalue weighted by molar-refractivity contribution is -0.132. The molecule has 0 saturated heterocycles. The first-order valence-electron chi connectivity index (χ1n) is 11.0. The first-order valence-corrected chi connectivity index (χ1v) is 12.8. The summed E-state index contributed by atoms with van der Waals surface area (Å²) in [7, 11) is 1.48. The highest BCUT2D eigenvalue weighted by Crippen LogP contribution is 2.53. The molecule has 162 valence electrons. The summed E-state index contributed by atoms with van der Waals surface area (Å²) in [6.45, 7) is -0.423. The average Bonchev–Trinajstić information content (AvgIpc) is 2.89. The number of carbonyl (C=O) groups excluding carboxylic acids is 1. The summed E-state index contributed by atoms with van der Waals surface area (Å²) in [5, 5.41) is 4.25. The van der Waals surface area contributed by atoms with Crippen LogP contribution in [0.1, 0.15) is 18.1 Å². The fourth-order valence-electron chi connectivity index (χ4n) is 5.02. The van der Waals surface area contributed by atoms with Gasteiger partial charge in [-0.1, -0.05) is 115 Å². The molecule has 0 unspecified atom stereocenters. The summed E-state index contributed by atoms with van der Waals surface area (Å²) >= 11 is 0. The van der Waals surface area contributed by atoms with Gasteiger partial charge in [0.1, 0.15) is 0 Å². The van der Waals surface area contributed by atoms with Crippen molar-refractivity contribution >= 4 is 39.6 Å². The van der Waals surface area contributed by atoms with Crippen molar-refractivity contribution in [2.24, 2.45) is 0 Å². The van der Waals surface area contributed by atoms with E-state index in [2.05, 4.69) is 91.9 Å². The van der Waals surface area contributed by atoms with Crippen LogP contribution in [-0.2, 0) is 9.53 Å². The number of carbonyl (C=O) groups is 1. The number of hydrogen-bond acceptors (Lipinski definition) is 2. The Balaban J connectivity index is 2.08. The first kappa shape index (κ1) is 21.2. The van der Waals surface area contributed by atoms with Crippen LogP contribution in [0.25, 0.3) is 5.57 Å². The summed E-state index contributed by atoms with van der Waals surface area (Å²) in [6.07, 6.45) is 0. The van der Waals surface area contributed by atoms with Gasteiger partial charge in [0.25, 0.3) is 0 Å². The molecular formula is C30H25O2P. The van der Waals surface area contributed by atoms with Crippen LogP contribution in [0.2, 0.25) is 0 Å². The molecule has 0 amide bonds. The Labute approximate surface area is 195 Å². The third-order valence-corrected chi connectivity index (χ3v) is 10.8. The molecule has 0 aromatic heterocycles. The minimum Gasteiger partial charge on any atom is -0.465 e. The molecule has 5 rings (SSSR count). The summed E-state index contributed by atoms with van der Waals surface area (Å²) in [5.74, 6) is -0.267. The SMILES string of the molecule is COC(=O)C1=P(c2ccccc2)(c2ccccc2)c2ccccc2C(c2ccccc2)=C1C. The number of esters is 1. The third-order valence-electron chi connectivity index (χ3n) is 6.33. The number of fused-ring (bicyclic) bond motifs is 1. The molecule has 0 aliphatic carbocycles. The van der Waals surface area contributed by atoms with E-state index in [1.54, 1.807) is 0 Å². The second-order valence-electron chi connectivity index (χ2n) is 8.07. The smallest absolute Gasteiger partial charge is 0.339 e. The highest BCUT2D eigenvalue weighted by molar-refractivity contribution is 7.97. The van der Waals surface area contributed by atoms with E-state index >= 15 is 0 Å². The predicted octanol–water partition coefficient (Wildman–Crippen LogP) is 5.16. The Hall–Kier alpha value is -3.61. The zero-order valence-corrected chi connectivity index (χ0v) is 19.6. The molecule has 1 heterocycles. The van der Waals surface area contributed by atoms with Gasteiger partial charge in [0, 0.05) is 0 Å². The van der Waals surface area contributed by atoms with Crippen LogP contribution < -0.4 is 15.9 Å². The van der Waals surface area contributed by atoms with Crippen LogP contribution in [0.4, 0.5) is 0 Å². The molecule has 0 saturated carbocycles. The minimum absolute atomic E-state index is 0.267. The second kappa shape index (κ2) is 8.73. The van der Waals surface area contributed by atoms with Gasteiger partial charge in [-0.3, -0.25) is 0 Å². The molecule has 0 bridgehead atoms. The molecular weight excluding hydrogens is 423 g/mol. The lowest BCUT2D eigenvalue weighted by Crippen LogP contribution is -2.38. The maximum Gasteiger partial charge on any atom is 0.339 e. The van der Waals surface area contributed by atoms with Gasteiger partial charge in [-0.25, -0.2) is 4.79 Å². The van der Waals surface area contributed by atoms with Crippen molar-refractivity contribution in [3.8, 4) is 0 Å². The largest absolute Gasteiger partial charge is 0.465 e. The van der Waals surface area contributed by atoms with E-state index < -0.39 is 6.89 Å². The fourth-order valence-corrected chi connectivity index (χ4v) is 9.71. The Morgan fingerprint density at radius 1 is 0.667 bits per heavy atom. The number of ether oxygens (including phenoxy) is 1. The van der Waals surface area contributed by atoms with E-state index in [-0.39, 0.29) is 5.97 Å². The zero-order chi connectivity index (χ0) is 22.8. The standard InChI is InChI=1S/C30H25O2P/c1-22-28(23-14-6-3-7-15-23)26-20-12-13-21-27(26)33(29(22)30(31)32-2,24-16-8-4-9-17-24)25-18-10-5-11-19-25/h3-21H,1-2H3. The highest BCUT2D eigenvalue weighted by atomic mass is 31.2. The Bertz CT molecular complexity index is 1360. The van der Waals surface area contributed by atoms with Gasteiger partial charge in [0.15, 0.2) is 0 Å². The Morgan fingerprint density at radius 3 is 1.70 bits per heavy atom. The number of hydrogen-bond donors (Lipinski definition) is 0. The van der Waals surface area contributed by atoms with Crippen molar-refractivity contribution in [3.05, 3.63) is 132 Å². The fraction of sp³-hybridized carbons (Fsp3) is 0.0667. The summed E-state index contributed by atoms with van der Waals surface area (Å²) in [6, 6.07) is 39.8. The van der Waals surface area contributed by atoms with Gasteiger partial charge >= 0.3 is 5.97 Å². The molecule has 1 aliphatic heterocycles. The summed E-state index contributed by atoms with van der Waals surface area (Å²) in [4.78, 5) is 13.7. The third kappa shape index (κ3) is 3.30. The molecule has 0 radical (unpaired) electrons. The normalized spacial score (nSPS) is 14.5. The van der Waals surface area contributed by atoms with E-state index in [0.29, 0.717) is 0 Å². The van der Waals surface area contributed by atoms with Gasteiger partial charge in [0.05, 0.1) is 12.4 Å². The van der Waals surface area contributed by atoms with E-state index in [4.69, 9.17) is 4.74 Å². The maximum absolute atomic E-state index is 13.7. The van der Waals surface area contributed by atoms with Crippen molar-refractivity contribution in [1.29, 1.82) is 0 Å². The topological polar surface area (TPSA) is 26.3 Å². The summed E-state index contributed by atoms with van der Waals surface area (Å²) in [5.41, 5.74) is 4.35. The van der Waals surface area contributed by atoms with Crippen LogP contribution in [-0.4, -0.2) is 18.4 Å². The highest BCUT2D eigenvalue weighted by Gasteiger charge is 2.40. The molecule has 4 aromatic carbocycles. The molecule has 0 N–H and O–H groups in total. The van der Waals surface area contributed by atoms with E-state index in [1.807, 2.05) is 30.3 Å². The van der Waals surface area contributed by atoms with E-state index in [1.165, 1.54) is 18.0 Å². The lowest BCUT2D eigenvalue weighted by atomic mass is 9.92. The van der Waals surface area contributed by atoms with Crippen molar-refractivity contribution in [1.82, 2.24) is 0 Å². The molecule has 0 atom stereocenters. The predicted molar refractivity (Wildman–Crippen MR) is 140 cm³/mol. The van der Waals surface area contributed by atoms with Crippen LogP contribution in [0.3, 0.4) is 0 Å². The Morgan fingerprint density at radius 2 is 1.15 bits per heavy atom. The van der Waals surface area contributed by atoms with Crippen molar-refractivity contribution < 1.29 is 9.53 Å². The molecule has 0 fully saturated rings. The average molecular weight is 449 g/mol. The Kier molecular flexibility index (Phi) is 5.62. The summed E-state index contributed by atoms with van der Waals surface area (Å²) < 4.78 is 5.48. The van der Waals surface area contributed by atoms with Crippen molar-refractivity contribution in [2.75, 3.05) is 7.11 Å². The molecule has 0 spiro atoms. The number of methoxy groups -OCH3 is 1. The molecule has 2 nitrogen and oxygen atoms in total. The van der Waals surface area contributed by atoms with Gasteiger partial charge in [-0.2, -0.15) is 0 Å². The first-order chi connectivity index (χ1) is 16.2. The van der Waals surface area contributed by atoms with Crippen LogP contribution >= 0.6 is 6.89 Å². The quantitative estimate of drug-likeness (QED) is 0.318. The second-order valence-corrected chi connectivity index (χ2v) is 11.4. The number of rotatable bonds is 4. The van der Waals surface area contributed by atoms with Crippen LogP contribution in [0.15, 0.2) is 121 Å². The van der Waals surface area contributed by atoms with E-state index in [9.17, 15) is 4.79 Å². The molecule has 1 aliphatic rings. The van der Waals surface area contributed by atoms with E-state index in [0.717, 1.165) is 32.6 Å². The maximum atomic E-state index is 13.7. The van der Waals surface area contributed by atoms with Gasteiger partial charge in [0.2, 0.25) is 0 Å². The lowest BCUT2D eigenvalue weighted by Gasteiger charge is -2.38. The van der Waals surface area contributed by atoms with Crippen LogP contribution in [0, 0.1) is 0 Å². The van der Waals surface area contributed by atoms with Crippen molar-refractivity contribution in [2.45, 2.75) is 6.92 Å². The molecule has 3 heteroatoms. The van der Waals surface area contributed by atoms with Crippen LogP contribution in [0.5, 0.6) is 0 Å². The monoisotopic (exact) mass is 448 g/mol. The van der Waals surface area contributed by atoms with Gasteiger partial charge in [-0.15, -0.1) is 0 Å². The minimum atomic E-state index is -2.50.